The molecule has 2 unspecified atom stereocenters. The van der Waals surface area contributed by atoms with Crippen molar-refractivity contribution in [3.63, 3.8) is 0 Å². The van der Waals surface area contributed by atoms with E-state index in [0.29, 0.717) is 51.6 Å². The van der Waals surface area contributed by atoms with Gasteiger partial charge in [-0.05, 0) is 70.2 Å². The van der Waals surface area contributed by atoms with Crippen molar-refractivity contribution < 1.29 is 37.1 Å². The molecule has 0 aliphatic heterocycles. The van der Waals surface area contributed by atoms with Crippen molar-refractivity contribution in [3.05, 3.63) is 34.9 Å². The monoisotopic (exact) mass is 655 g/mol. The Balaban J connectivity index is 2.92. The van der Waals surface area contributed by atoms with Crippen LogP contribution in [0.1, 0.15) is 132 Å². The minimum absolute atomic E-state index is 0.0687. The molecule has 1 aromatic carbocycles. The second-order valence-electron chi connectivity index (χ2n) is 12.3. The number of ether oxygens (including phenoxy) is 1. The van der Waals surface area contributed by atoms with Crippen LogP contribution in [0.5, 0.6) is 0 Å². The number of alkyl halides is 3. The number of unbranched alkanes of at least 4 members (excludes halogenated alkanes) is 8. The third-order valence-electron chi connectivity index (χ3n) is 8.38. The second kappa shape index (κ2) is 22.7. The zero-order valence-electron chi connectivity index (χ0n) is 28.0. The van der Waals surface area contributed by atoms with Gasteiger partial charge in [-0.2, -0.15) is 13.2 Å². The van der Waals surface area contributed by atoms with Crippen LogP contribution in [0.2, 0.25) is 0 Å². The van der Waals surface area contributed by atoms with Gasteiger partial charge in [-0.1, -0.05) is 77.3 Å². The van der Waals surface area contributed by atoms with Crippen LogP contribution in [0, 0.1) is 18.8 Å². The highest BCUT2D eigenvalue weighted by molar-refractivity contribution is 5.96. The highest BCUT2D eigenvalue weighted by Gasteiger charge is 2.37. The molecule has 0 fully saturated rings. The Hall–Kier alpha value is -2.79. The van der Waals surface area contributed by atoms with E-state index in [-0.39, 0.29) is 36.0 Å². The quantitative estimate of drug-likeness (QED) is 0.0774. The molecule has 262 valence electrons. The van der Waals surface area contributed by atoms with E-state index in [1.54, 1.807) is 0 Å². The summed E-state index contributed by atoms with van der Waals surface area (Å²) in [5.74, 6) is -3.47. The van der Waals surface area contributed by atoms with Gasteiger partial charge in [0.1, 0.15) is 0 Å². The van der Waals surface area contributed by atoms with Gasteiger partial charge in [0, 0.05) is 18.3 Å². The molecule has 1 amide bonds. The van der Waals surface area contributed by atoms with Gasteiger partial charge in [0.25, 0.3) is 0 Å². The van der Waals surface area contributed by atoms with Crippen LogP contribution < -0.4 is 16.8 Å². The van der Waals surface area contributed by atoms with E-state index < -0.39 is 47.6 Å². The molecule has 0 heterocycles. The highest BCUT2D eigenvalue weighted by atomic mass is 19.4. The van der Waals surface area contributed by atoms with Crippen molar-refractivity contribution in [2.45, 2.75) is 129 Å². The van der Waals surface area contributed by atoms with Gasteiger partial charge in [-0.15, -0.1) is 0 Å². The zero-order chi connectivity index (χ0) is 34.5. The summed E-state index contributed by atoms with van der Waals surface area (Å²) < 4.78 is 45.7. The number of ketones is 2. The van der Waals surface area contributed by atoms with E-state index in [1.165, 1.54) is 44.7 Å². The minimum Gasteiger partial charge on any atom is -0.454 e. The Morgan fingerprint density at radius 3 is 2.02 bits per heavy atom. The number of amides is 1. The molecule has 46 heavy (non-hydrogen) atoms. The number of hydrogen-bond donors (Lipinski definition) is 3. The van der Waals surface area contributed by atoms with Crippen LogP contribution >= 0.6 is 0 Å². The van der Waals surface area contributed by atoms with E-state index >= 15 is 0 Å². The Labute approximate surface area is 273 Å². The topological polar surface area (TPSA) is 142 Å². The van der Waals surface area contributed by atoms with E-state index in [1.807, 2.05) is 6.92 Å². The largest absolute Gasteiger partial charge is 0.454 e. The summed E-state index contributed by atoms with van der Waals surface area (Å²) in [4.78, 5) is 52.5. The molecular formula is C35H56F3N3O5. The van der Waals surface area contributed by atoms with Crippen LogP contribution in [-0.2, 0) is 25.3 Å². The predicted molar refractivity (Wildman–Crippen MR) is 174 cm³/mol. The summed E-state index contributed by atoms with van der Waals surface area (Å²) in [6.45, 7) is 5.43. The first-order valence-electron chi connectivity index (χ1n) is 17.0. The van der Waals surface area contributed by atoms with E-state index in [2.05, 4.69) is 12.2 Å². The third kappa shape index (κ3) is 15.7. The number of nitrogens with one attached hydrogen (secondary N) is 1. The fraction of sp³-hybridized carbons (Fsp3) is 0.714. The fourth-order valence-corrected chi connectivity index (χ4v) is 5.46. The van der Waals surface area contributed by atoms with Crippen molar-refractivity contribution in [2.24, 2.45) is 23.3 Å². The summed E-state index contributed by atoms with van der Waals surface area (Å²) in [5, 5.41) is 2.90. The van der Waals surface area contributed by atoms with Crippen molar-refractivity contribution in [3.8, 4) is 0 Å². The predicted octanol–water partition coefficient (Wildman–Crippen LogP) is 6.83. The molecule has 0 bridgehead atoms. The molecule has 0 aromatic heterocycles. The first-order chi connectivity index (χ1) is 21.9. The van der Waals surface area contributed by atoms with Gasteiger partial charge in [0.2, 0.25) is 5.91 Å². The zero-order valence-corrected chi connectivity index (χ0v) is 28.0. The molecule has 1 rings (SSSR count). The first-order valence-corrected chi connectivity index (χ1v) is 17.0. The molecule has 0 radical (unpaired) electrons. The maximum Gasteiger partial charge on any atom is 0.417 e. The fourth-order valence-electron chi connectivity index (χ4n) is 5.46. The normalized spacial score (nSPS) is 13.6. The molecule has 0 saturated heterocycles. The molecule has 3 atom stereocenters. The lowest BCUT2D eigenvalue weighted by Crippen LogP contribution is -2.44. The number of aryl methyl sites for hydroxylation is 1. The standard InChI is InChI=1S/C35H56F3N3O5/c1-4-5-6-7-8-9-10-16-26(3)33(44)41-29(20-12-14-22-40)30(42)23-27(18-11-13-21-39)31(43)24-46-34(45)32-25(2)17-15-19-28(32)35(36,37)38/h15,17,19,26-27,29H,4-14,16,18,20-24,39-40H2,1-3H3,(H,41,44)/t26?,27-,29?/m1/s1. The number of halogens is 3. The first kappa shape index (κ1) is 41.2. The van der Waals surface area contributed by atoms with Gasteiger partial charge < -0.3 is 21.5 Å². The lowest BCUT2D eigenvalue weighted by molar-refractivity contribution is -0.138. The average Bonchev–Trinajstić information content (AvgIpc) is 3.01. The number of Topliss-reactive ketones (excluding diaryl/α,β-unsaturated/α-hetero) is 2. The van der Waals surface area contributed by atoms with Crippen LogP contribution in [0.15, 0.2) is 18.2 Å². The van der Waals surface area contributed by atoms with Crippen molar-refractivity contribution in [2.75, 3.05) is 19.7 Å². The Morgan fingerprint density at radius 2 is 1.41 bits per heavy atom. The van der Waals surface area contributed by atoms with E-state index in [4.69, 9.17) is 16.2 Å². The molecular weight excluding hydrogens is 599 g/mol. The summed E-state index contributed by atoms with van der Waals surface area (Å²) in [6.07, 6.45) is 6.77. The van der Waals surface area contributed by atoms with Crippen molar-refractivity contribution in [1.29, 1.82) is 0 Å². The Kier molecular flexibility index (Phi) is 20.3. The molecule has 1 aromatic rings. The lowest BCUT2D eigenvalue weighted by Gasteiger charge is -2.23. The van der Waals surface area contributed by atoms with Gasteiger partial charge >= 0.3 is 12.1 Å². The van der Waals surface area contributed by atoms with Gasteiger partial charge in [-0.3, -0.25) is 14.4 Å². The third-order valence-corrected chi connectivity index (χ3v) is 8.38. The van der Waals surface area contributed by atoms with Crippen molar-refractivity contribution >= 4 is 23.4 Å². The Morgan fingerprint density at radius 1 is 0.826 bits per heavy atom. The second-order valence-corrected chi connectivity index (χ2v) is 12.3. The molecule has 11 heteroatoms. The van der Waals surface area contributed by atoms with E-state index in [0.717, 1.165) is 25.3 Å². The number of carbonyl (C=O) groups excluding carboxylic acids is 4. The number of nitrogens with two attached hydrogens (primary N) is 2. The van der Waals surface area contributed by atoms with Gasteiger partial charge in [0.15, 0.2) is 18.2 Å². The summed E-state index contributed by atoms with van der Waals surface area (Å²) in [5.41, 5.74) is 9.54. The molecule has 0 saturated carbocycles. The highest BCUT2D eigenvalue weighted by Crippen LogP contribution is 2.33. The number of benzene rings is 1. The van der Waals surface area contributed by atoms with E-state index in [9.17, 15) is 32.3 Å². The number of esters is 1. The number of rotatable bonds is 25. The van der Waals surface area contributed by atoms with Crippen LogP contribution in [0.3, 0.4) is 0 Å². The molecule has 0 aliphatic rings. The van der Waals surface area contributed by atoms with Crippen LogP contribution in [0.25, 0.3) is 0 Å². The van der Waals surface area contributed by atoms with Crippen LogP contribution in [0.4, 0.5) is 13.2 Å². The number of carbonyl (C=O) groups is 4. The molecule has 8 nitrogen and oxygen atoms in total. The summed E-state index contributed by atoms with van der Waals surface area (Å²) >= 11 is 0. The maximum atomic E-state index is 13.5. The Bertz CT molecular complexity index is 1080. The smallest absolute Gasteiger partial charge is 0.417 e. The van der Waals surface area contributed by atoms with Crippen molar-refractivity contribution in [1.82, 2.24) is 5.32 Å². The van der Waals surface area contributed by atoms with Gasteiger partial charge in [0.05, 0.1) is 17.2 Å². The summed E-state index contributed by atoms with van der Waals surface area (Å²) in [7, 11) is 0. The minimum atomic E-state index is -4.78. The lowest BCUT2D eigenvalue weighted by atomic mass is 9.88. The average molecular weight is 656 g/mol. The molecule has 0 aliphatic carbocycles. The maximum absolute atomic E-state index is 13.5. The number of hydrogen-bond acceptors (Lipinski definition) is 7. The van der Waals surface area contributed by atoms with Crippen LogP contribution in [-0.4, -0.2) is 49.2 Å². The van der Waals surface area contributed by atoms with Gasteiger partial charge in [-0.25, -0.2) is 4.79 Å². The summed E-state index contributed by atoms with van der Waals surface area (Å²) in [6, 6.07) is 2.53. The molecule has 5 N–H and O–H groups in total. The molecule has 0 spiro atoms. The SMILES string of the molecule is CCCCCCCCCC(C)C(=O)NC(CCCCN)C(=O)C[C@@H](CCCCN)C(=O)COC(=O)c1c(C)cccc1C(F)(F)F.